The van der Waals surface area contributed by atoms with Crippen molar-refractivity contribution in [2.75, 3.05) is 5.43 Å². The lowest BCUT2D eigenvalue weighted by Gasteiger charge is -2.35. The van der Waals surface area contributed by atoms with E-state index in [1.807, 2.05) is 0 Å². The second-order valence-corrected chi connectivity index (χ2v) is 6.50. The molecule has 0 saturated heterocycles. The van der Waals surface area contributed by atoms with Crippen molar-refractivity contribution in [1.82, 2.24) is 0 Å². The molecule has 2 rings (SSSR count). The Morgan fingerprint density at radius 1 is 1.26 bits per heavy atom. The highest BCUT2D eigenvalue weighted by Gasteiger charge is 2.33. The average Bonchev–Trinajstić information content (AvgIpc) is 2.45. The summed E-state index contributed by atoms with van der Waals surface area (Å²) in [5, 5.41) is 26.3. The monoisotopic (exact) mass is 320 g/mol. The number of non-ortho nitro benzene ring substituents is 1. The first kappa shape index (κ1) is 16.9. The maximum atomic E-state index is 11.1. The van der Waals surface area contributed by atoms with Gasteiger partial charge in [0.15, 0.2) is 0 Å². The van der Waals surface area contributed by atoms with Gasteiger partial charge in [0.2, 0.25) is 0 Å². The summed E-state index contributed by atoms with van der Waals surface area (Å²) >= 11 is 0. The molecule has 1 aromatic rings. The third-order valence-corrected chi connectivity index (χ3v) is 4.28. The normalized spacial score (nSPS) is 21.9. The molecule has 0 aliphatic heterocycles. The van der Waals surface area contributed by atoms with Crippen molar-refractivity contribution >= 4 is 22.8 Å². The minimum Gasteiger partial charge on any atom is -0.272 e. The van der Waals surface area contributed by atoms with Crippen LogP contribution in [0.5, 0.6) is 0 Å². The Morgan fingerprint density at radius 2 is 1.96 bits per heavy atom. The summed E-state index contributed by atoms with van der Waals surface area (Å²) in [6.45, 7) is 6.30. The molecular formula is C15H20N4O4. The first-order chi connectivity index (χ1) is 10.7. The lowest BCUT2D eigenvalue weighted by atomic mass is 9.71. The fraction of sp³-hybridized carbons (Fsp3) is 0.533. The number of nitrogens with zero attached hydrogens (tertiary/aromatic N) is 3. The lowest BCUT2D eigenvalue weighted by Crippen LogP contribution is -2.34. The number of nitro benzene ring substituents is 2. The highest BCUT2D eigenvalue weighted by atomic mass is 16.6. The van der Waals surface area contributed by atoms with E-state index >= 15 is 0 Å². The highest BCUT2D eigenvalue weighted by Crippen LogP contribution is 2.37. The van der Waals surface area contributed by atoms with Gasteiger partial charge in [0.1, 0.15) is 5.69 Å². The van der Waals surface area contributed by atoms with Crippen LogP contribution < -0.4 is 5.43 Å². The van der Waals surface area contributed by atoms with Crippen molar-refractivity contribution in [3.63, 3.8) is 0 Å². The summed E-state index contributed by atoms with van der Waals surface area (Å²) < 4.78 is 0. The summed E-state index contributed by atoms with van der Waals surface area (Å²) in [5.41, 5.74) is 3.12. The van der Waals surface area contributed by atoms with E-state index < -0.39 is 9.85 Å². The average molecular weight is 320 g/mol. The van der Waals surface area contributed by atoms with E-state index in [0.29, 0.717) is 5.92 Å². The van der Waals surface area contributed by atoms with Crippen LogP contribution in [0.15, 0.2) is 23.3 Å². The molecule has 1 aromatic carbocycles. The predicted molar refractivity (Wildman–Crippen MR) is 87.6 cm³/mol. The standard InChI is InChI=1S/C15H20N4O4/c1-10-5-4-8-15(2,3)14(10)17-16-12-7-6-11(18(20)21)9-13(12)19(22)23/h6-7,9-10,16H,4-5,8H2,1-3H3/b17-14+. The summed E-state index contributed by atoms with van der Waals surface area (Å²) in [7, 11) is 0. The van der Waals surface area contributed by atoms with Gasteiger partial charge in [0.05, 0.1) is 15.9 Å². The van der Waals surface area contributed by atoms with E-state index in [-0.39, 0.29) is 22.5 Å². The number of hydrogen-bond acceptors (Lipinski definition) is 6. The Bertz CT molecular complexity index is 669. The van der Waals surface area contributed by atoms with Crippen LogP contribution in [-0.4, -0.2) is 15.6 Å². The van der Waals surface area contributed by atoms with Crippen LogP contribution in [-0.2, 0) is 0 Å². The van der Waals surface area contributed by atoms with E-state index in [1.165, 1.54) is 12.1 Å². The summed E-state index contributed by atoms with van der Waals surface area (Å²) in [6.07, 6.45) is 3.18. The van der Waals surface area contributed by atoms with Crippen molar-refractivity contribution in [2.24, 2.45) is 16.4 Å². The van der Waals surface area contributed by atoms with E-state index in [2.05, 4.69) is 31.3 Å². The van der Waals surface area contributed by atoms with Gasteiger partial charge in [0, 0.05) is 17.2 Å². The number of rotatable bonds is 4. The van der Waals surface area contributed by atoms with Gasteiger partial charge < -0.3 is 0 Å². The lowest BCUT2D eigenvalue weighted by molar-refractivity contribution is -0.393. The zero-order chi connectivity index (χ0) is 17.2. The molecule has 1 fully saturated rings. The topological polar surface area (TPSA) is 111 Å². The van der Waals surface area contributed by atoms with Gasteiger partial charge in [-0.2, -0.15) is 5.10 Å². The highest BCUT2D eigenvalue weighted by molar-refractivity contribution is 5.92. The van der Waals surface area contributed by atoms with Gasteiger partial charge in [-0.05, 0) is 24.8 Å². The number of hydrazone groups is 1. The van der Waals surface area contributed by atoms with Crippen LogP contribution in [0.25, 0.3) is 0 Å². The third-order valence-electron chi connectivity index (χ3n) is 4.28. The molecule has 1 atom stereocenters. The van der Waals surface area contributed by atoms with Crippen molar-refractivity contribution in [1.29, 1.82) is 0 Å². The SMILES string of the molecule is CC1CCCC(C)(C)/C1=N/Nc1ccc([N+](=O)[O-])cc1[N+](=O)[O-]. The van der Waals surface area contributed by atoms with Crippen LogP contribution in [0.3, 0.4) is 0 Å². The molecule has 0 heterocycles. The molecule has 124 valence electrons. The fourth-order valence-corrected chi connectivity index (χ4v) is 3.04. The maximum Gasteiger partial charge on any atom is 0.301 e. The Morgan fingerprint density at radius 3 is 2.52 bits per heavy atom. The summed E-state index contributed by atoms with van der Waals surface area (Å²) in [6, 6.07) is 3.49. The van der Waals surface area contributed by atoms with Crippen LogP contribution in [0.2, 0.25) is 0 Å². The van der Waals surface area contributed by atoms with E-state index in [9.17, 15) is 20.2 Å². The maximum absolute atomic E-state index is 11.1. The van der Waals surface area contributed by atoms with Crippen LogP contribution >= 0.6 is 0 Å². The minimum atomic E-state index is -0.658. The molecule has 1 aliphatic rings. The van der Waals surface area contributed by atoms with Gasteiger partial charge in [-0.15, -0.1) is 0 Å². The number of benzene rings is 1. The Kier molecular flexibility index (Phi) is 4.63. The Hall–Kier alpha value is -2.51. The van der Waals surface area contributed by atoms with Crippen molar-refractivity contribution in [3.05, 3.63) is 38.4 Å². The molecule has 0 aromatic heterocycles. The van der Waals surface area contributed by atoms with Crippen LogP contribution in [0.4, 0.5) is 17.1 Å². The number of nitrogens with one attached hydrogen (secondary N) is 1. The van der Waals surface area contributed by atoms with Gasteiger partial charge in [-0.1, -0.05) is 27.2 Å². The van der Waals surface area contributed by atoms with Crippen molar-refractivity contribution < 1.29 is 9.85 Å². The molecule has 8 nitrogen and oxygen atoms in total. The quantitative estimate of drug-likeness (QED) is 0.662. The van der Waals surface area contributed by atoms with E-state index in [1.54, 1.807) is 0 Å². The molecule has 0 bridgehead atoms. The molecule has 1 saturated carbocycles. The first-order valence-electron chi connectivity index (χ1n) is 7.49. The zero-order valence-corrected chi connectivity index (χ0v) is 13.4. The third kappa shape index (κ3) is 3.64. The van der Waals surface area contributed by atoms with Crippen molar-refractivity contribution in [3.8, 4) is 0 Å². The largest absolute Gasteiger partial charge is 0.301 e. The van der Waals surface area contributed by atoms with Crippen molar-refractivity contribution in [2.45, 2.75) is 40.0 Å². The minimum absolute atomic E-state index is 0.0692. The Labute approximate surface area is 133 Å². The smallest absolute Gasteiger partial charge is 0.272 e. The second kappa shape index (κ2) is 6.31. The van der Waals surface area contributed by atoms with Gasteiger partial charge in [0.25, 0.3) is 5.69 Å². The van der Waals surface area contributed by atoms with Gasteiger partial charge in [-0.25, -0.2) is 0 Å². The molecule has 1 N–H and O–H groups in total. The number of anilines is 1. The van der Waals surface area contributed by atoms with Gasteiger partial charge in [-0.3, -0.25) is 25.7 Å². The number of nitro groups is 2. The fourth-order valence-electron chi connectivity index (χ4n) is 3.04. The predicted octanol–water partition coefficient (Wildman–Crippen LogP) is 4.12. The van der Waals surface area contributed by atoms with Crippen LogP contribution in [0.1, 0.15) is 40.0 Å². The van der Waals surface area contributed by atoms with Gasteiger partial charge >= 0.3 is 5.69 Å². The molecule has 0 radical (unpaired) electrons. The molecule has 23 heavy (non-hydrogen) atoms. The molecule has 1 aliphatic carbocycles. The molecule has 1 unspecified atom stereocenters. The number of hydrogen-bond donors (Lipinski definition) is 1. The molecular weight excluding hydrogens is 300 g/mol. The second-order valence-electron chi connectivity index (χ2n) is 6.50. The van der Waals surface area contributed by atoms with Crippen LogP contribution in [0, 0.1) is 31.6 Å². The van der Waals surface area contributed by atoms with E-state index in [4.69, 9.17) is 0 Å². The summed E-state index contributed by atoms with van der Waals surface area (Å²) in [5.74, 6) is 0.295. The summed E-state index contributed by atoms with van der Waals surface area (Å²) in [4.78, 5) is 20.6. The first-order valence-corrected chi connectivity index (χ1v) is 7.49. The molecule has 8 heteroatoms. The van der Waals surface area contributed by atoms with E-state index in [0.717, 1.165) is 31.0 Å². The molecule has 0 amide bonds. The zero-order valence-electron chi connectivity index (χ0n) is 13.4. The molecule has 0 spiro atoms. The Balaban J connectivity index is 2.34.